The van der Waals surface area contributed by atoms with Crippen LogP contribution in [0.15, 0.2) is 91.0 Å². The second-order valence-corrected chi connectivity index (χ2v) is 9.12. The number of hydrogen-bond donors (Lipinski definition) is 1. The second kappa shape index (κ2) is 9.59. The molecule has 1 amide bonds. The maximum atomic E-state index is 13.5. The molecule has 1 atom stereocenters. The van der Waals surface area contributed by atoms with Gasteiger partial charge in [0.15, 0.2) is 0 Å². The highest BCUT2D eigenvalue weighted by Gasteiger charge is 2.34. The van der Waals surface area contributed by atoms with Crippen LogP contribution in [-0.2, 0) is 6.61 Å². The number of anilines is 2. The second-order valence-electron chi connectivity index (χ2n) is 7.84. The van der Waals surface area contributed by atoms with Gasteiger partial charge in [-0.2, -0.15) is 0 Å². The zero-order valence-electron chi connectivity index (χ0n) is 17.8. The summed E-state index contributed by atoms with van der Waals surface area (Å²) >= 11 is 18.4. The monoisotopic (exact) mass is 508 g/mol. The first-order valence-corrected chi connectivity index (χ1v) is 11.7. The van der Waals surface area contributed by atoms with Gasteiger partial charge in [0.2, 0.25) is 0 Å². The molecule has 7 heteroatoms. The minimum absolute atomic E-state index is 0.0964. The number of nitrogens with one attached hydrogen (secondary N) is 1. The molecule has 0 saturated heterocycles. The molecule has 0 spiro atoms. The molecule has 1 N–H and O–H groups in total. The molecule has 0 fully saturated rings. The lowest BCUT2D eigenvalue weighted by Gasteiger charge is -2.38. The van der Waals surface area contributed by atoms with Crippen LogP contribution in [-0.4, -0.2) is 5.91 Å². The van der Waals surface area contributed by atoms with Crippen LogP contribution in [0.25, 0.3) is 0 Å². The highest BCUT2D eigenvalue weighted by Crippen LogP contribution is 2.37. The summed E-state index contributed by atoms with van der Waals surface area (Å²) in [6.45, 7) is 0.292. The molecule has 0 bridgehead atoms. The minimum atomic E-state index is -0.439. The normalized spacial score (nSPS) is 15.0. The molecule has 4 aromatic carbocycles. The molecule has 34 heavy (non-hydrogen) atoms. The average Bonchev–Trinajstić information content (AvgIpc) is 2.84. The Morgan fingerprint density at radius 3 is 2.38 bits per heavy atom. The quantitative estimate of drug-likeness (QED) is 0.296. The van der Waals surface area contributed by atoms with Crippen molar-refractivity contribution in [2.24, 2.45) is 0 Å². The van der Waals surface area contributed by atoms with E-state index in [-0.39, 0.29) is 5.91 Å². The molecule has 0 saturated carbocycles. The van der Waals surface area contributed by atoms with Crippen molar-refractivity contribution < 1.29 is 9.53 Å². The minimum Gasteiger partial charge on any atom is -0.489 e. The van der Waals surface area contributed by atoms with E-state index in [1.54, 1.807) is 29.2 Å². The smallest absolute Gasteiger partial charge is 0.262 e. The van der Waals surface area contributed by atoms with Crippen molar-refractivity contribution in [3.63, 3.8) is 0 Å². The summed E-state index contributed by atoms with van der Waals surface area (Å²) in [6, 6.07) is 27.7. The molecule has 4 aromatic rings. The van der Waals surface area contributed by atoms with Gasteiger partial charge in [0.25, 0.3) is 5.91 Å². The van der Waals surface area contributed by atoms with Crippen molar-refractivity contribution in [3.05, 3.63) is 123 Å². The number of para-hydroxylation sites is 1. The molecular formula is C27H19Cl3N2O2. The molecule has 0 radical (unpaired) electrons. The van der Waals surface area contributed by atoms with Gasteiger partial charge in [-0.15, -0.1) is 0 Å². The molecule has 1 heterocycles. The molecule has 170 valence electrons. The number of carbonyl (C=O) groups is 1. The number of hydrogen-bond acceptors (Lipinski definition) is 3. The van der Waals surface area contributed by atoms with Crippen LogP contribution in [0.3, 0.4) is 0 Å². The van der Waals surface area contributed by atoms with E-state index in [1.807, 2.05) is 66.7 Å². The molecule has 0 unspecified atom stereocenters. The van der Waals surface area contributed by atoms with Crippen molar-refractivity contribution >= 4 is 52.1 Å². The Bertz CT molecular complexity index is 1360. The molecular weight excluding hydrogens is 491 g/mol. The van der Waals surface area contributed by atoms with Crippen LogP contribution in [0.1, 0.15) is 27.7 Å². The van der Waals surface area contributed by atoms with E-state index in [9.17, 15) is 4.79 Å². The van der Waals surface area contributed by atoms with E-state index >= 15 is 0 Å². The Kier molecular flexibility index (Phi) is 6.38. The Morgan fingerprint density at radius 2 is 1.59 bits per heavy atom. The topological polar surface area (TPSA) is 41.6 Å². The van der Waals surface area contributed by atoms with Gasteiger partial charge in [-0.05, 0) is 66.2 Å². The average molecular weight is 510 g/mol. The van der Waals surface area contributed by atoms with Crippen LogP contribution in [0.5, 0.6) is 5.75 Å². The number of ether oxygens (including phenoxy) is 1. The van der Waals surface area contributed by atoms with Crippen LogP contribution in [0.2, 0.25) is 15.1 Å². The van der Waals surface area contributed by atoms with Crippen LogP contribution in [0, 0.1) is 0 Å². The third kappa shape index (κ3) is 4.58. The zero-order chi connectivity index (χ0) is 23.7. The molecule has 1 aliphatic heterocycles. The van der Waals surface area contributed by atoms with Crippen molar-refractivity contribution in [2.75, 3.05) is 10.2 Å². The fourth-order valence-electron chi connectivity index (χ4n) is 3.93. The number of amides is 1. The first kappa shape index (κ1) is 22.6. The van der Waals surface area contributed by atoms with Crippen molar-refractivity contribution in [1.82, 2.24) is 0 Å². The number of fused-ring (bicyclic) bond motifs is 1. The fraction of sp³-hybridized carbons (Fsp3) is 0.0741. The van der Waals surface area contributed by atoms with Gasteiger partial charge in [-0.25, -0.2) is 0 Å². The maximum Gasteiger partial charge on any atom is 0.262 e. The number of rotatable bonds is 5. The molecule has 0 aromatic heterocycles. The summed E-state index contributed by atoms with van der Waals surface area (Å²) in [5.41, 5.74) is 3.83. The Hall–Kier alpha value is -3.18. The van der Waals surface area contributed by atoms with Gasteiger partial charge in [0, 0.05) is 32.0 Å². The number of nitrogens with zero attached hydrogens (tertiary/aromatic N) is 1. The van der Waals surface area contributed by atoms with E-state index in [1.165, 1.54) is 0 Å². The first-order valence-electron chi connectivity index (χ1n) is 10.6. The summed E-state index contributed by atoms with van der Waals surface area (Å²) in [4.78, 5) is 15.3. The highest BCUT2D eigenvalue weighted by molar-refractivity contribution is 6.35. The first-order chi connectivity index (χ1) is 16.5. The van der Waals surface area contributed by atoms with E-state index in [0.29, 0.717) is 33.0 Å². The Labute approximate surface area is 212 Å². The summed E-state index contributed by atoms with van der Waals surface area (Å²) < 4.78 is 6.02. The summed E-state index contributed by atoms with van der Waals surface area (Å²) in [5.74, 6) is 0.564. The van der Waals surface area contributed by atoms with Crippen molar-refractivity contribution in [3.8, 4) is 5.75 Å². The van der Waals surface area contributed by atoms with E-state index < -0.39 is 6.17 Å². The van der Waals surface area contributed by atoms with E-state index in [4.69, 9.17) is 39.5 Å². The van der Waals surface area contributed by atoms with Crippen molar-refractivity contribution in [1.29, 1.82) is 0 Å². The van der Waals surface area contributed by atoms with Gasteiger partial charge >= 0.3 is 0 Å². The molecule has 5 rings (SSSR count). The predicted octanol–water partition coefficient (Wildman–Crippen LogP) is 8.00. The lowest BCUT2D eigenvalue weighted by Crippen LogP contribution is -2.43. The standard InChI is InChI=1S/C27H19Cl3N2O2/c28-19-10-12-21(13-11-19)32-26(31-25-7-2-1-6-23(25)27(32)33)17-4-3-5-22(14-17)34-16-18-8-9-20(29)15-24(18)30/h1-15,26,31H,16H2/t26-/m0/s1. The summed E-state index contributed by atoms with van der Waals surface area (Å²) in [5, 5.41) is 5.23. The predicted molar refractivity (Wildman–Crippen MR) is 138 cm³/mol. The fourth-order valence-corrected chi connectivity index (χ4v) is 4.52. The summed E-state index contributed by atoms with van der Waals surface area (Å²) in [7, 11) is 0. The third-order valence-electron chi connectivity index (χ3n) is 5.61. The lowest BCUT2D eigenvalue weighted by molar-refractivity contribution is 0.0975. The van der Waals surface area contributed by atoms with Crippen LogP contribution in [0.4, 0.5) is 11.4 Å². The van der Waals surface area contributed by atoms with E-state index in [0.717, 1.165) is 22.5 Å². The van der Waals surface area contributed by atoms with Gasteiger partial charge in [0.1, 0.15) is 18.5 Å². The van der Waals surface area contributed by atoms with Gasteiger partial charge in [-0.3, -0.25) is 9.69 Å². The number of carbonyl (C=O) groups excluding carboxylic acids is 1. The largest absolute Gasteiger partial charge is 0.489 e. The Morgan fingerprint density at radius 1 is 0.824 bits per heavy atom. The molecule has 4 nitrogen and oxygen atoms in total. The van der Waals surface area contributed by atoms with Gasteiger partial charge in [0.05, 0.1) is 5.56 Å². The van der Waals surface area contributed by atoms with Crippen molar-refractivity contribution in [2.45, 2.75) is 12.8 Å². The van der Waals surface area contributed by atoms with Gasteiger partial charge in [-0.1, -0.05) is 65.1 Å². The molecule has 1 aliphatic rings. The third-order valence-corrected chi connectivity index (χ3v) is 6.45. The van der Waals surface area contributed by atoms with E-state index in [2.05, 4.69) is 5.32 Å². The Balaban J connectivity index is 1.48. The van der Waals surface area contributed by atoms with Crippen LogP contribution < -0.4 is 15.0 Å². The summed E-state index contributed by atoms with van der Waals surface area (Å²) in [6.07, 6.45) is -0.439. The highest BCUT2D eigenvalue weighted by atomic mass is 35.5. The van der Waals surface area contributed by atoms with Crippen LogP contribution >= 0.6 is 34.8 Å². The maximum absolute atomic E-state index is 13.5. The zero-order valence-corrected chi connectivity index (χ0v) is 20.1. The van der Waals surface area contributed by atoms with Gasteiger partial charge < -0.3 is 10.1 Å². The SMILES string of the molecule is O=C1c2ccccc2N[C@H](c2cccc(OCc3ccc(Cl)cc3Cl)c2)N1c1ccc(Cl)cc1. The lowest BCUT2D eigenvalue weighted by atomic mass is 10.0. The number of benzene rings is 4. The number of halogens is 3. The molecule has 0 aliphatic carbocycles.